The molecule has 1 amide bonds. The van der Waals surface area contributed by atoms with Crippen LogP contribution < -0.4 is 15.4 Å². The van der Waals surface area contributed by atoms with Gasteiger partial charge in [-0.15, -0.1) is 10.2 Å². The molecule has 29 heavy (non-hydrogen) atoms. The van der Waals surface area contributed by atoms with Gasteiger partial charge in [-0.25, -0.2) is 0 Å². The first-order chi connectivity index (χ1) is 14.1. The van der Waals surface area contributed by atoms with Crippen LogP contribution in [-0.2, 0) is 17.9 Å². The van der Waals surface area contributed by atoms with Crippen LogP contribution in [0.25, 0.3) is 0 Å². The molecule has 0 aliphatic heterocycles. The number of thioether (sulfide) groups is 1. The molecule has 1 heterocycles. The van der Waals surface area contributed by atoms with Crippen molar-refractivity contribution in [2.75, 3.05) is 18.2 Å². The number of amides is 1. The van der Waals surface area contributed by atoms with Crippen molar-refractivity contribution in [3.05, 3.63) is 77.4 Å². The molecule has 0 saturated heterocycles. The summed E-state index contributed by atoms with van der Waals surface area (Å²) in [7, 11) is 1.62. The van der Waals surface area contributed by atoms with Crippen molar-refractivity contribution >= 4 is 23.5 Å². The molecule has 3 aromatic rings. The highest BCUT2D eigenvalue weighted by Gasteiger charge is 2.05. The van der Waals surface area contributed by atoms with E-state index in [4.69, 9.17) is 4.74 Å². The Morgan fingerprint density at radius 2 is 1.83 bits per heavy atom. The number of methoxy groups -OCH3 is 1. The van der Waals surface area contributed by atoms with Crippen LogP contribution in [0.5, 0.6) is 5.75 Å². The Bertz CT molecular complexity index is 930. The predicted molar refractivity (Wildman–Crippen MR) is 116 cm³/mol. The van der Waals surface area contributed by atoms with E-state index in [1.54, 1.807) is 7.11 Å². The third-order valence-electron chi connectivity index (χ3n) is 4.21. The maximum Gasteiger partial charge on any atom is 0.230 e. The first-order valence-electron chi connectivity index (χ1n) is 9.28. The van der Waals surface area contributed by atoms with Crippen molar-refractivity contribution in [1.82, 2.24) is 15.5 Å². The highest BCUT2D eigenvalue weighted by Crippen LogP contribution is 2.16. The number of carbonyl (C=O) groups excluding carboxylic acids is 1. The predicted octanol–water partition coefficient (Wildman–Crippen LogP) is 3.81. The lowest BCUT2D eigenvalue weighted by Gasteiger charge is -2.07. The number of benzene rings is 2. The Morgan fingerprint density at radius 1 is 1.00 bits per heavy atom. The smallest absolute Gasteiger partial charge is 0.230 e. The van der Waals surface area contributed by atoms with Gasteiger partial charge in [-0.05, 0) is 42.3 Å². The van der Waals surface area contributed by atoms with E-state index in [-0.39, 0.29) is 11.7 Å². The minimum atomic E-state index is -0.0545. The van der Waals surface area contributed by atoms with Crippen LogP contribution in [0.2, 0.25) is 0 Å². The molecule has 150 valence electrons. The zero-order valence-electron chi connectivity index (χ0n) is 16.5. The molecule has 0 aliphatic rings. The lowest BCUT2D eigenvalue weighted by atomic mass is 10.1. The Labute approximate surface area is 175 Å². The van der Waals surface area contributed by atoms with E-state index in [0.717, 1.165) is 11.3 Å². The SMILES string of the molecule is COc1cccc(CNC(=O)CSc2ccc(NCc3ccc(C)cc3)nn2)c1. The van der Waals surface area contributed by atoms with E-state index in [2.05, 4.69) is 52.0 Å². The lowest BCUT2D eigenvalue weighted by Crippen LogP contribution is -2.24. The van der Waals surface area contributed by atoms with Gasteiger partial charge in [0.05, 0.1) is 12.9 Å². The molecule has 0 atom stereocenters. The van der Waals surface area contributed by atoms with Crippen molar-refractivity contribution in [2.24, 2.45) is 0 Å². The quantitative estimate of drug-likeness (QED) is 0.524. The number of hydrogen-bond acceptors (Lipinski definition) is 6. The monoisotopic (exact) mass is 408 g/mol. The largest absolute Gasteiger partial charge is 0.497 e. The molecule has 0 saturated carbocycles. The average Bonchev–Trinajstić information content (AvgIpc) is 2.76. The minimum Gasteiger partial charge on any atom is -0.497 e. The summed E-state index contributed by atoms with van der Waals surface area (Å²) in [6.45, 7) is 3.22. The fourth-order valence-corrected chi connectivity index (χ4v) is 3.21. The van der Waals surface area contributed by atoms with E-state index in [1.807, 2.05) is 36.4 Å². The van der Waals surface area contributed by atoms with Gasteiger partial charge in [0.15, 0.2) is 0 Å². The van der Waals surface area contributed by atoms with Gasteiger partial charge < -0.3 is 15.4 Å². The number of aryl methyl sites for hydroxylation is 1. The number of rotatable bonds is 9. The zero-order valence-corrected chi connectivity index (χ0v) is 17.3. The van der Waals surface area contributed by atoms with Gasteiger partial charge in [0.2, 0.25) is 5.91 Å². The highest BCUT2D eigenvalue weighted by atomic mass is 32.2. The topological polar surface area (TPSA) is 76.1 Å². The number of carbonyl (C=O) groups is 1. The second-order valence-electron chi connectivity index (χ2n) is 6.51. The van der Waals surface area contributed by atoms with Crippen LogP contribution in [-0.4, -0.2) is 29.0 Å². The zero-order chi connectivity index (χ0) is 20.5. The molecule has 2 aromatic carbocycles. The third-order valence-corrected chi connectivity index (χ3v) is 5.13. The molecule has 2 N–H and O–H groups in total. The van der Waals surface area contributed by atoms with Crippen molar-refractivity contribution in [3.8, 4) is 5.75 Å². The molecular weight excluding hydrogens is 384 g/mol. The summed E-state index contributed by atoms with van der Waals surface area (Å²) in [5.74, 6) is 1.71. The normalized spacial score (nSPS) is 10.4. The summed E-state index contributed by atoms with van der Waals surface area (Å²) >= 11 is 1.36. The number of nitrogens with one attached hydrogen (secondary N) is 2. The Morgan fingerprint density at radius 3 is 2.55 bits per heavy atom. The van der Waals surface area contributed by atoms with Gasteiger partial charge in [-0.1, -0.05) is 53.7 Å². The van der Waals surface area contributed by atoms with Crippen molar-refractivity contribution < 1.29 is 9.53 Å². The molecule has 0 fully saturated rings. The Kier molecular flexibility index (Phi) is 7.47. The lowest BCUT2D eigenvalue weighted by molar-refractivity contribution is -0.118. The summed E-state index contributed by atoms with van der Waals surface area (Å²) in [4.78, 5) is 12.1. The van der Waals surface area contributed by atoms with Gasteiger partial charge >= 0.3 is 0 Å². The van der Waals surface area contributed by atoms with Gasteiger partial charge in [0.1, 0.15) is 16.6 Å². The minimum absolute atomic E-state index is 0.0545. The van der Waals surface area contributed by atoms with E-state index in [9.17, 15) is 4.79 Å². The van der Waals surface area contributed by atoms with Crippen molar-refractivity contribution in [3.63, 3.8) is 0 Å². The first-order valence-corrected chi connectivity index (χ1v) is 10.3. The van der Waals surface area contributed by atoms with Gasteiger partial charge in [0, 0.05) is 13.1 Å². The number of hydrogen-bond donors (Lipinski definition) is 2. The van der Waals surface area contributed by atoms with Crippen LogP contribution in [0.4, 0.5) is 5.82 Å². The highest BCUT2D eigenvalue weighted by molar-refractivity contribution is 7.99. The summed E-state index contributed by atoms with van der Waals surface area (Å²) in [6, 6.07) is 19.7. The molecule has 6 nitrogen and oxygen atoms in total. The molecule has 7 heteroatoms. The van der Waals surface area contributed by atoms with Gasteiger partial charge in [-0.3, -0.25) is 4.79 Å². The number of ether oxygens (including phenoxy) is 1. The Balaban J connectivity index is 1.41. The number of anilines is 1. The average molecular weight is 409 g/mol. The molecule has 0 bridgehead atoms. The van der Waals surface area contributed by atoms with Gasteiger partial charge in [-0.2, -0.15) is 0 Å². The van der Waals surface area contributed by atoms with Crippen LogP contribution in [0.1, 0.15) is 16.7 Å². The van der Waals surface area contributed by atoms with E-state index in [0.29, 0.717) is 23.9 Å². The third kappa shape index (κ3) is 6.80. The van der Waals surface area contributed by atoms with Gasteiger partial charge in [0.25, 0.3) is 0 Å². The summed E-state index contributed by atoms with van der Waals surface area (Å²) in [6.07, 6.45) is 0. The standard InChI is InChI=1S/C22H24N4O2S/c1-16-6-8-17(9-7-16)13-23-20-10-11-22(26-25-20)29-15-21(27)24-14-18-4-3-5-19(12-18)28-2/h3-12H,13-15H2,1-2H3,(H,23,25)(H,24,27). The maximum absolute atomic E-state index is 12.1. The molecule has 0 unspecified atom stereocenters. The summed E-state index contributed by atoms with van der Waals surface area (Å²) < 4.78 is 5.19. The molecular formula is C22H24N4O2S. The van der Waals surface area contributed by atoms with Crippen LogP contribution in [0, 0.1) is 6.92 Å². The summed E-state index contributed by atoms with van der Waals surface area (Å²) in [5.41, 5.74) is 3.41. The van der Waals surface area contributed by atoms with E-state index in [1.165, 1.54) is 22.9 Å². The van der Waals surface area contributed by atoms with Crippen molar-refractivity contribution in [1.29, 1.82) is 0 Å². The number of aromatic nitrogens is 2. The fourth-order valence-electron chi connectivity index (χ4n) is 2.56. The Hall–Kier alpha value is -3.06. The van der Waals surface area contributed by atoms with E-state index < -0.39 is 0 Å². The fraction of sp³-hybridized carbons (Fsp3) is 0.227. The molecule has 3 rings (SSSR count). The van der Waals surface area contributed by atoms with Crippen LogP contribution in [0.3, 0.4) is 0 Å². The first kappa shape index (κ1) is 20.7. The van der Waals surface area contributed by atoms with Crippen LogP contribution >= 0.6 is 11.8 Å². The maximum atomic E-state index is 12.1. The van der Waals surface area contributed by atoms with E-state index >= 15 is 0 Å². The second-order valence-corrected chi connectivity index (χ2v) is 7.51. The molecule has 0 radical (unpaired) electrons. The number of nitrogens with zero attached hydrogens (tertiary/aromatic N) is 2. The summed E-state index contributed by atoms with van der Waals surface area (Å²) in [5, 5.41) is 15.2. The van der Waals surface area contributed by atoms with Crippen molar-refractivity contribution in [2.45, 2.75) is 25.0 Å². The molecule has 0 spiro atoms. The molecule has 0 aliphatic carbocycles. The van der Waals surface area contributed by atoms with Crippen LogP contribution in [0.15, 0.2) is 65.7 Å². The molecule has 1 aromatic heterocycles. The second kappa shape index (κ2) is 10.5.